The number of hydrogen-bond donors (Lipinski definition) is 2. The predicted octanol–water partition coefficient (Wildman–Crippen LogP) is 3.90. The minimum Gasteiger partial charge on any atom is -0.506 e. The van der Waals surface area contributed by atoms with E-state index in [1.165, 1.54) is 0 Å². The Balaban J connectivity index is 1.96. The van der Waals surface area contributed by atoms with Crippen LogP contribution in [0.4, 0.5) is 0 Å². The molecular weight excluding hydrogens is 420 g/mol. The highest BCUT2D eigenvalue weighted by molar-refractivity contribution is 5.92. The molecule has 0 amide bonds. The molecule has 0 saturated heterocycles. The van der Waals surface area contributed by atoms with Gasteiger partial charge in [0.1, 0.15) is 29.1 Å². The zero-order valence-corrected chi connectivity index (χ0v) is 19.8. The number of ether oxygens (including phenoxy) is 1. The van der Waals surface area contributed by atoms with E-state index in [0.717, 1.165) is 12.7 Å². The van der Waals surface area contributed by atoms with E-state index < -0.39 is 17.0 Å². The molecule has 0 fully saturated rings. The molecule has 8 heteroatoms. The molecule has 2 atom stereocenters. The molecule has 0 saturated carbocycles. The number of carbonyl (C=O) groups excluding carboxylic acids is 2. The Kier molecular flexibility index (Phi) is 6.88. The van der Waals surface area contributed by atoms with Crippen LogP contribution in [0.2, 0.25) is 0 Å². The van der Waals surface area contributed by atoms with Gasteiger partial charge in [-0.25, -0.2) is 0 Å². The number of carbonyl (C=O) groups is 2. The van der Waals surface area contributed by atoms with Crippen molar-refractivity contribution in [1.82, 2.24) is 14.8 Å². The van der Waals surface area contributed by atoms with E-state index in [0.29, 0.717) is 34.1 Å². The first-order valence-corrected chi connectivity index (χ1v) is 11.1. The van der Waals surface area contributed by atoms with Crippen LogP contribution in [-0.4, -0.2) is 44.3 Å². The second-order valence-corrected chi connectivity index (χ2v) is 9.45. The van der Waals surface area contributed by atoms with E-state index in [-0.39, 0.29) is 18.3 Å². The maximum absolute atomic E-state index is 12.8. The summed E-state index contributed by atoms with van der Waals surface area (Å²) in [5.74, 6) is -0.380. The summed E-state index contributed by atoms with van der Waals surface area (Å²) in [6, 6.07) is 6.71. The largest absolute Gasteiger partial charge is 0.506 e. The fourth-order valence-electron chi connectivity index (χ4n) is 3.71. The summed E-state index contributed by atoms with van der Waals surface area (Å²) in [5.41, 5.74) is 6.64. The maximum Gasteiger partial charge on any atom is 0.318 e. The number of aldehydes is 1. The number of aromatic hydroxyl groups is 1. The van der Waals surface area contributed by atoms with Gasteiger partial charge in [-0.05, 0) is 57.9 Å². The molecule has 8 nitrogen and oxygen atoms in total. The number of pyridine rings is 1. The molecule has 0 aliphatic rings. The highest BCUT2D eigenvalue weighted by Crippen LogP contribution is 2.36. The standard InChI is InChI=1S/C25H32N4O4/c1-6-7-17(14-30)29-21-11-9-18(22(31)19(21)13-28-29)20-10-8-16(12-27-20)25(5,15-26)23(32)33-24(2,3)4/h8-14,17,31H,6-7,15,26H2,1-5H3. The molecule has 0 spiro atoms. The van der Waals surface area contributed by atoms with Gasteiger partial charge in [0.15, 0.2) is 0 Å². The van der Waals surface area contributed by atoms with Crippen molar-refractivity contribution >= 4 is 23.2 Å². The first-order valence-electron chi connectivity index (χ1n) is 11.1. The summed E-state index contributed by atoms with van der Waals surface area (Å²) in [7, 11) is 0. The third-order valence-corrected chi connectivity index (χ3v) is 5.74. The van der Waals surface area contributed by atoms with E-state index in [1.54, 1.807) is 42.2 Å². The summed E-state index contributed by atoms with van der Waals surface area (Å²) in [6.45, 7) is 9.23. The molecule has 176 valence electrons. The lowest BCUT2D eigenvalue weighted by Gasteiger charge is -2.30. The molecule has 2 heterocycles. The van der Waals surface area contributed by atoms with E-state index in [1.807, 2.05) is 33.8 Å². The molecule has 2 unspecified atom stereocenters. The van der Waals surface area contributed by atoms with Crippen LogP contribution in [0.1, 0.15) is 59.1 Å². The van der Waals surface area contributed by atoms with Crippen LogP contribution >= 0.6 is 0 Å². The number of nitrogens with zero attached hydrogens (tertiary/aromatic N) is 3. The minimum atomic E-state index is -1.05. The van der Waals surface area contributed by atoms with E-state index in [4.69, 9.17) is 10.5 Å². The second kappa shape index (κ2) is 9.31. The number of esters is 1. The highest BCUT2D eigenvalue weighted by Gasteiger charge is 2.38. The summed E-state index contributed by atoms with van der Waals surface area (Å²) in [6.07, 6.45) is 5.53. The van der Waals surface area contributed by atoms with Crippen LogP contribution in [-0.2, 0) is 19.7 Å². The average molecular weight is 453 g/mol. The monoisotopic (exact) mass is 452 g/mol. The zero-order chi connectivity index (χ0) is 24.4. The van der Waals surface area contributed by atoms with Gasteiger partial charge in [0.05, 0.1) is 22.8 Å². The Labute approximate surface area is 193 Å². The summed E-state index contributed by atoms with van der Waals surface area (Å²) in [4.78, 5) is 28.8. The smallest absolute Gasteiger partial charge is 0.318 e. The second-order valence-electron chi connectivity index (χ2n) is 9.45. The Morgan fingerprint density at radius 2 is 1.94 bits per heavy atom. The fourth-order valence-corrected chi connectivity index (χ4v) is 3.71. The molecule has 3 aromatic rings. The van der Waals surface area contributed by atoms with Crippen LogP contribution in [0.3, 0.4) is 0 Å². The number of rotatable bonds is 8. The maximum atomic E-state index is 12.8. The normalized spacial score (nSPS) is 14.6. The number of nitrogens with two attached hydrogens (primary N) is 1. The van der Waals surface area contributed by atoms with Crippen molar-refractivity contribution in [3.8, 4) is 17.0 Å². The topological polar surface area (TPSA) is 120 Å². The van der Waals surface area contributed by atoms with Crippen LogP contribution in [0.25, 0.3) is 22.2 Å². The minimum absolute atomic E-state index is 0.0360. The first-order chi connectivity index (χ1) is 15.6. The van der Waals surface area contributed by atoms with Crippen LogP contribution in [0.5, 0.6) is 5.75 Å². The van der Waals surface area contributed by atoms with Gasteiger partial charge in [-0.15, -0.1) is 0 Å². The van der Waals surface area contributed by atoms with Gasteiger partial charge in [0, 0.05) is 18.3 Å². The summed E-state index contributed by atoms with van der Waals surface area (Å²) >= 11 is 0. The van der Waals surface area contributed by atoms with Crippen molar-refractivity contribution in [2.45, 2.75) is 64.5 Å². The summed E-state index contributed by atoms with van der Waals surface area (Å²) < 4.78 is 7.20. The zero-order valence-electron chi connectivity index (χ0n) is 19.8. The predicted molar refractivity (Wildman–Crippen MR) is 127 cm³/mol. The van der Waals surface area contributed by atoms with Crippen molar-refractivity contribution in [3.63, 3.8) is 0 Å². The van der Waals surface area contributed by atoms with Gasteiger partial charge in [0.2, 0.25) is 0 Å². The third-order valence-electron chi connectivity index (χ3n) is 5.74. The molecular formula is C25H32N4O4. The molecule has 0 bridgehead atoms. The molecule has 0 aliphatic carbocycles. The number of fused-ring (bicyclic) bond motifs is 1. The van der Waals surface area contributed by atoms with Crippen LogP contribution in [0, 0.1) is 0 Å². The van der Waals surface area contributed by atoms with Crippen molar-refractivity contribution in [1.29, 1.82) is 0 Å². The number of hydrogen-bond acceptors (Lipinski definition) is 7. The third kappa shape index (κ3) is 4.75. The van der Waals surface area contributed by atoms with Gasteiger partial charge in [-0.1, -0.05) is 19.4 Å². The Hall–Kier alpha value is -3.26. The number of phenolic OH excluding ortho intramolecular Hbond substituents is 1. The van der Waals surface area contributed by atoms with Gasteiger partial charge in [0.25, 0.3) is 0 Å². The van der Waals surface area contributed by atoms with Crippen molar-refractivity contribution in [2.75, 3.05) is 6.54 Å². The molecule has 3 N–H and O–H groups in total. The number of phenols is 1. The lowest BCUT2D eigenvalue weighted by Crippen LogP contribution is -2.44. The Bertz CT molecular complexity index is 1150. The van der Waals surface area contributed by atoms with Crippen molar-refractivity contribution in [3.05, 3.63) is 42.2 Å². The lowest BCUT2D eigenvalue weighted by atomic mass is 9.83. The quantitative estimate of drug-likeness (QED) is 0.393. The van der Waals surface area contributed by atoms with Gasteiger partial charge in [-0.2, -0.15) is 5.10 Å². The molecule has 0 radical (unpaired) electrons. The van der Waals surface area contributed by atoms with Crippen LogP contribution < -0.4 is 5.73 Å². The Morgan fingerprint density at radius 1 is 1.21 bits per heavy atom. The van der Waals surface area contributed by atoms with Crippen molar-refractivity contribution in [2.24, 2.45) is 5.73 Å². The first kappa shape index (κ1) is 24.4. The molecule has 0 aliphatic heterocycles. The number of aromatic nitrogens is 3. The molecule has 2 aromatic heterocycles. The Morgan fingerprint density at radius 3 is 2.48 bits per heavy atom. The summed E-state index contributed by atoms with van der Waals surface area (Å²) in [5, 5.41) is 15.8. The van der Waals surface area contributed by atoms with E-state index >= 15 is 0 Å². The SMILES string of the molecule is CCCC(C=O)n1ncc2c(O)c(-c3ccc(C(C)(CN)C(=O)OC(C)(C)C)cn3)ccc21. The molecule has 33 heavy (non-hydrogen) atoms. The van der Waals surface area contributed by atoms with Crippen LogP contribution in [0.15, 0.2) is 36.7 Å². The van der Waals surface area contributed by atoms with E-state index in [9.17, 15) is 14.7 Å². The fraction of sp³-hybridized carbons (Fsp3) is 0.440. The van der Waals surface area contributed by atoms with Gasteiger partial charge in [-0.3, -0.25) is 14.5 Å². The van der Waals surface area contributed by atoms with Gasteiger partial charge >= 0.3 is 5.97 Å². The molecule has 1 aromatic carbocycles. The van der Waals surface area contributed by atoms with Gasteiger partial charge < -0.3 is 20.4 Å². The van der Waals surface area contributed by atoms with Crippen molar-refractivity contribution < 1.29 is 19.4 Å². The van der Waals surface area contributed by atoms with E-state index in [2.05, 4.69) is 10.1 Å². The number of benzene rings is 1. The lowest BCUT2D eigenvalue weighted by molar-refractivity contribution is -0.161. The highest BCUT2D eigenvalue weighted by atomic mass is 16.6. The molecule has 3 rings (SSSR count). The average Bonchev–Trinajstić information content (AvgIpc) is 3.21.